The van der Waals surface area contributed by atoms with Crippen LogP contribution in [0.4, 0.5) is 5.69 Å². The highest BCUT2D eigenvalue weighted by Gasteiger charge is 1.98. The number of anilines is 1. The van der Waals surface area contributed by atoms with Gasteiger partial charge in [-0.15, -0.1) is 0 Å². The second-order valence-electron chi connectivity index (χ2n) is 2.96. The van der Waals surface area contributed by atoms with Gasteiger partial charge in [0.25, 0.3) is 0 Å². The van der Waals surface area contributed by atoms with Crippen molar-refractivity contribution in [3.05, 3.63) is 24.3 Å². The monoisotopic (exact) mass is 181 g/mol. The van der Waals surface area contributed by atoms with E-state index in [1.807, 2.05) is 31.2 Å². The number of hydrogen-bond donors (Lipinski definition) is 2. The zero-order valence-electron chi connectivity index (χ0n) is 7.95. The number of nitrogens with one attached hydrogen (secondary N) is 1. The molecule has 1 atom stereocenters. The standard InChI is InChI=1S/C10H15NO2/c1-8(7-12)11-9-3-5-10(13-2)6-4-9/h3-6,8,11-12H,7H2,1-2H3/t8-/m0/s1. The third-order valence-electron chi connectivity index (χ3n) is 1.78. The van der Waals surface area contributed by atoms with Crippen molar-refractivity contribution in [1.82, 2.24) is 0 Å². The smallest absolute Gasteiger partial charge is 0.119 e. The summed E-state index contributed by atoms with van der Waals surface area (Å²) < 4.78 is 5.02. The van der Waals surface area contributed by atoms with Crippen molar-refractivity contribution in [2.24, 2.45) is 0 Å². The molecule has 0 fully saturated rings. The predicted octanol–water partition coefficient (Wildman–Crippen LogP) is 1.49. The maximum atomic E-state index is 8.81. The lowest BCUT2D eigenvalue weighted by Gasteiger charge is -2.12. The molecule has 2 N–H and O–H groups in total. The van der Waals surface area contributed by atoms with Gasteiger partial charge in [0.15, 0.2) is 0 Å². The van der Waals surface area contributed by atoms with Gasteiger partial charge < -0.3 is 15.2 Å². The van der Waals surface area contributed by atoms with Crippen LogP contribution in [0.25, 0.3) is 0 Å². The third kappa shape index (κ3) is 2.95. The van der Waals surface area contributed by atoms with E-state index in [0.29, 0.717) is 0 Å². The van der Waals surface area contributed by atoms with Gasteiger partial charge >= 0.3 is 0 Å². The zero-order chi connectivity index (χ0) is 9.68. The Balaban J connectivity index is 2.58. The summed E-state index contributed by atoms with van der Waals surface area (Å²) in [5, 5.41) is 11.9. The molecule has 0 aliphatic rings. The largest absolute Gasteiger partial charge is 0.497 e. The van der Waals surface area contributed by atoms with E-state index in [0.717, 1.165) is 11.4 Å². The molecule has 0 unspecified atom stereocenters. The molecule has 1 aromatic rings. The van der Waals surface area contributed by atoms with Crippen LogP contribution in [-0.2, 0) is 0 Å². The van der Waals surface area contributed by atoms with Crippen molar-refractivity contribution in [1.29, 1.82) is 0 Å². The highest BCUT2D eigenvalue weighted by atomic mass is 16.5. The van der Waals surface area contributed by atoms with Crippen LogP contribution in [0.3, 0.4) is 0 Å². The molecule has 3 nitrogen and oxygen atoms in total. The van der Waals surface area contributed by atoms with Gasteiger partial charge in [0.1, 0.15) is 5.75 Å². The summed E-state index contributed by atoms with van der Waals surface area (Å²) in [6.45, 7) is 2.05. The Labute approximate surface area is 78.3 Å². The van der Waals surface area contributed by atoms with Gasteiger partial charge in [0, 0.05) is 11.7 Å². The molecule has 0 amide bonds. The summed E-state index contributed by atoms with van der Waals surface area (Å²) in [4.78, 5) is 0. The highest BCUT2D eigenvalue weighted by Crippen LogP contribution is 2.15. The molecule has 0 aliphatic carbocycles. The number of hydrogen-bond acceptors (Lipinski definition) is 3. The number of aliphatic hydroxyl groups excluding tert-OH is 1. The molecule has 0 aromatic heterocycles. The van der Waals surface area contributed by atoms with E-state index in [2.05, 4.69) is 5.32 Å². The maximum Gasteiger partial charge on any atom is 0.119 e. The van der Waals surface area contributed by atoms with Crippen molar-refractivity contribution < 1.29 is 9.84 Å². The summed E-state index contributed by atoms with van der Waals surface area (Å²) in [6, 6.07) is 7.68. The van der Waals surface area contributed by atoms with Gasteiger partial charge in [-0.2, -0.15) is 0 Å². The fourth-order valence-electron chi connectivity index (χ4n) is 1.02. The first-order chi connectivity index (χ1) is 6.26. The summed E-state index contributed by atoms with van der Waals surface area (Å²) in [5.41, 5.74) is 0.988. The number of benzene rings is 1. The Morgan fingerprint density at radius 1 is 1.38 bits per heavy atom. The average Bonchev–Trinajstić information content (AvgIpc) is 2.19. The minimum absolute atomic E-state index is 0.0772. The van der Waals surface area contributed by atoms with Gasteiger partial charge in [0.2, 0.25) is 0 Å². The van der Waals surface area contributed by atoms with Crippen LogP contribution in [0, 0.1) is 0 Å². The molecular formula is C10H15NO2. The molecule has 0 bridgehead atoms. The van der Waals surface area contributed by atoms with Crippen molar-refractivity contribution in [3.8, 4) is 5.75 Å². The molecule has 0 radical (unpaired) electrons. The number of ether oxygens (including phenoxy) is 1. The van der Waals surface area contributed by atoms with E-state index in [9.17, 15) is 0 Å². The van der Waals surface area contributed by atoms with E-state index >= 15 is 0 Å². The number of methoxy groups -OCH3 is 1. The maximum absolute atomic E-state index is 8.81. The molecule has 0 aliphatic heterocycles. The molecule has 0 saturated heterocycles. The fourth-order valence-corrected chi connectivity index (χ4v) is 1.02. The Hall–Kier alpha value is -1.22. The first-order valence-corrected chi connectivity index (χ1v) is 4.27. The fraction of sp³-hybridized carbons (Fsp3) is 0.400. The van der Waals surface area contributed by atoms with Gasteiger partial charge in [-0.3, -0.25) is 0 Å². The topological polar surface area (TPSA) is 41.5 Å². The van der Waals surface area contributed by atoms with Crippen LogP contribution in [0.1, 0.15) is 6.92 Å². The number of aliphatic hydroxyl groups is 1. The van der Waals surface area contributed by atoms with E-state index in [1.54, 1.807) is 7.11 Å². The van der Waals surface area contributed by atoms with E-state index in [-0.39, 0.29) is 12.6 Å². The predicted molar refractivity (Wildman–Crippen MR) is 53.2 cm³/mol. The summed E-state index contributed by atoms with van der Waals surface area (Å²) in [5.74, 6) is 0.835. The van der Waals surface area contributed by atoms with Gasteiger partial charge in [-0.05, 0) is 31.2 Å². The van der Waals surface area contributed by atoms with Crippen LogP contribution in [-0.4, -0.2) is 24.9 Å². The molecule has 0 spiro atoms. The Bertz CT molecular complexity index is 246. The summed E-state index contributed by atoms with van der Waals surface area (Å²) >= 11 is 0. The number of rotatable bonds is 4. The molecule has 1 aromatic carbocycles. The third-order valence-corrected chi connectivity index (χ3v) is 1.78. The van der Waals surface area contributed by atoms with Crippen molar-refractivity contribution in [2.45, 2.75) is 13.0 Å². The van der Waals surface area contributed by atoms with Crippen molar-refractivity contribution in [2.75, 3.05) is 19.0 Å². The van der Waals surface area contributed by atoms with Crippen LogP contribution in [0.2, 0.25) is 0 Å². The Kier molecular flexibility index (Phi) is 3.58. The van der Waals surface area contributed by atoms with Crippen LogP contribution >= 0.6 is 0 Å². The molecular weight excluding hydrogens is 166 g/mol. The lowest BCUT2D eigenvalue weighted by molar-refractivity contribution is 0.281. The van der Waals surface area contributed by atoms with Gasteiger partial charge in [-0.25, -0.2) is 0 Å². The van der Waals surface area contributed by atoms with Crippen molar-refractivity contribution in [3.63, 3.8) is 0 Å². The molecule has 72 valence electrons. The van der Waals surface area contributed by atoms with E-state index in [1.165, 1.54) is 0 Å². The molecule has 3 heteroatoms. The quantitative estimate of drug-likeness (QED) is 0.739. The van der Waals surface area contributed by atoms with Crippen LogP contribution in [0.15, 0.2) is 24.3 Å². The lowest BCUT2D eigenvalue weighted by atomic mass is 10.2. The average molecular weight is 181 g/mol. The van der Waals surface area contributed by atoms with Crippen LogP contribution in [0.5, 0.6) is 5.75 Å². The van der Waals surface area contributed by atoms with Crippen LogP contribution < -0.4 is 10.1 Å². The van der Waals surface area contributed by atoms with E-state index in [4.69, 9.17) is 9.84 Å². The van der Waals surface area contributed by atoms with E-state index < -0.39 is 0 Å². The summed E-state index contributed by atoms with van der Waals surface area (Å²) in [6.07, 6.45) is 0. The Morgan fingerprint density at radius 2 is 2.00 bits per heavy atom. The normalized spacial score (nSPS) is 12.2. The minimum Gasteiger partial charge on any atom is -0.497 e. The molecule has 13 heavy (non-hydrogen) atoms. The minimum atomic E-state index is 0.0772. The van der Waals surface area contributed by atoms with Gasteiger partial charge in [-0.1, -0.05) is 0 Å². The molecule has 0 heterocycles. The second kappa shape index (κ2) is 4.72. The molecule has 1 rings (SSSR count). The first-order valence-electron chi connectivity index (χ1n) is 4.27. The SMILES string of the molecule is COc1ccc(N[C@@H](C)CO)cc1. The second-order valence-corrected chi connectivity index (χ2v) is 2.96. The first kappa shape index (κ1) is 9.86. The Morgan fingerprint density at radius 3 is 2.46 bits per heavy atom. The van der Waals surface area contributed by atoms with Gasteiger partial charge in [0.05, 0.1) is 13.7 Å². The molecule has 0 saturated carbocycles. The highest BCUT2D eigenvalue weighted by molar-refractivity contribution is 5.46. The lowest BCUT2D eigenvalue weighted by Crippen LogP contribution is -2.18. The summed E-state index contributed by atoms with van der Waals surface area (Å²) in [7, 11) is 1.64. The van der Waals surface area contributed by atoms with Crippen molar-refractivity contribution >= 4 is 5.69 Å². The zero-order valence-corrected chi connectivity index (χ0v) is 7.95.